The normalized spacial score (nSPS) is 12.2. The molecule has 0 saturated heterocycles. The highest BCUT2D eigenvalue weighted by Gasteiger charge is 2.11. The second kappa shape index (κ2) is 3.94. The van der Waals surface area contributed by atoms with Crippen molar-refractivity contribution in [1.29, 1.82) is 5.26 Å². The lowest BCUT2D eigenvalue weighted by atomic mass is 10.4. The van der Waals surface area contributed by atoms with Crippen LogP contribution in [0.2, 0.25) is 0 Å². The van der Waals surface area contributed by atoms with Crippen molar-refractivity contribution in [3.05, 3.63) is 23.6 Å². The third-order valence-electron chi connectivity index (χ3n) is 1.04. The molecule has 0 N–H and O–H groups in total. The van der Waals surface area contributed by atoms with Gasteiger partial charge in [-0.3, -0.25) is 0 Å². The molecule has 0 aliphatic heterocycles. The van der Waals surface area contributed by atoms with Crippen molar-refractivity contribution in [2.75, 3.05) is 0 Å². The van der Waals surface area contributed by atoms with Crippen molar-refractivity contribution < 1.29 is 8.42 Å². The van der Waals surface area contributed by atoms with Crippen molar-refractivity contribution in [2.45, 2.75) is 13.3 Å². The summed E-state index contributed by atoms with van der Waals surface area (Å²) < 4.78 is 21.6. The largest absolute Gasteiger partial charge is 0.269 e. The highest BCUT2D eigenvalue weighted by atomic mass is 32.2. The molecule has 0 aliphatic carbocycles. The number of hydrogen-bond donors (Lipinski definition) is 0. The Hall–Kier alpha value is -1.08. The monoisotopic (exact) mass is 171 g/mol. The molecule has 0 atom stereocenters. The van der Waals surface area contributed by atoms with Crippen LogP contribution in [0.3, 0.4) is 0 Å². The Balaban J connectivity index is 5.01. The fourth-order valence-corrected chi connectivity index (χ4v) is 1.27. The summed E-state index contributed by atoms with van der Waals surface area (Å²) in [4.78, 5) is -0.0116. The van der Waals surface area contributed by atoms with E-state index < -0.39 is 9.84 Å². The van der Waals surface area contributed by atoms with E-state index in [1.807, 2.05) is 0 Å². The van der Waals surface area contributed by atoms with Gasteiger partial charge in [0.05, 0.1) is 4.91 Å². The van der Waals surface area contributed by atoms with Crippen molar-refractivity contribution in [1.82, 2.24) is 0 Å². The fraction of sp³-hybridized carbons (Fsp3) is 0.286. The lowest BCUT2D eigenvalue weighted by Gasteiger charge is -1.92. The lowest BCUT2D eigenvalue weighted by molar-refractivity contribution is 0.611. The molecule has 60 valence electrons. The van der Waals surface area contributed by atoms with Crippen LogP contribution in [0, 0.1) is 10.7 Å². The van der Waals surface area contributed by atoms with E-state index in [1.54, 1.807) is 6.92 Å². The zero-order valence-corrected chi connectivity index (χ0v) is 7.06. The maximum Gasteiger partial charge on any atom is 0.269 e. The van der Waals surface area contributed by atoms with Crippen LogP contribution in [0.4, 0.5) is 0 Å². The van der Waals surface area contributed by atoms with Crippen LogP contribution >= 0.6 is 0 Å². The Morgan fingerprint density at radius 2 is 2.27 bits per heavy atom. The van der Waals surface area contributed by atoms with Crippen LogP contribution in [-0.4, -0.2) is 8.42 Å². The zero-order valence-electron chi connectivity index (χ0n) is 6.24. The van der Waals surface area contributed by atoms with E-state index >= 15 is 0 Å². The highest BCUT2D eigenvalue weighted by molar-refractivity contribution is 7.99. The predicted molar refractivity (Wildman–Crippen MR) is 43.1 cm³/mol. The molecule has 0 heterocycles. The summed E-state index contributed by atoms with van der Waals surface area (Å²) in [7, 11) is -3.72. The van der Waals surface area contributed by atoms with Gasteiger partial charge in [-0.15, -0.1) is 0 Å². The van der Waals surface area contributed by atoms with Gasteiger partial charge in [0.2, 0.25) is 0 Å². The second-order valence-electron chi connectivity index (χ2n) is 1.81. The average Bonchev–Trinajstić information content (AvgIpc) is 2.00. The number of rotatable bonds is 3. The second-order valence-corrected chi connectivity index (χ2v) is 3.47. The van der Waals surface area contributed by atoms with E-state index in [0.29, 0.717) is 6.42 Å². The van der Waals surface area contributed by atoms with Gasteiger partial charge in [-0.1, -0.05) is 19.6 Å². The van der Waals surface area contributed by atoms with Gasteiger partial charge in [0.15, 0.2) is 5.40 Å². The first-order chi connectivity index (χ1) is 5.08. The van der Waals surface area contributed by atoms with Crippen LogP contribution in [-0.2, 0) is 9.84 Å². The lowest BCUT2D eigenvalue weighted by Crippen LogP contribution is -1.96. The maximum absolute atomic E-state index is 10.8. The molecule has 0 aromatic carbocycles. The average molecular weight is 171 g/mol. The molecule has 0 aromatic heterocycles. The summed E-state index contributed by atoms with van der Waals surface area (Å²) in [5.41, 5.74) is 0. The Morgan fingerprint density at radius 3 is 2.55 bits per heavy atom. The van der Waals surface area contributed by atoms with Crippen LogP contribution < -0.4 is 0 Å². The fourth-order valence-electron chi connectivity index (χ4n) is 0.557. The summed E-state index contributed by atoms with van der Waals surface area (Å²) in [6.45, 7) is 5.08. The van der Waals surface area contributed by atoms with E-state index in [4.69, 9.17) is 5.26 Å². The zero-order chi connectivity index (χ0) is 8.91. The number of hydrogen-bond acceptors (Lipinski definition) is 3. The Bertz CT molecular complexity index is 306. The predicted octanol–water partition coefficient (Wildman–Crippen LogP) is 1.36. The standard InChI is InChI=1S/C7H9NO2S/c1-3-5-7(4-2)11(9,10)6-8/h4-5H,2-3H2,1H3. The molecule has 0 fully saturated rings. The van der Waals surface area contributed by atoms with Crippen molar-refractivity contribution >= 4 is 9.84 Å². The van der Waals surface area contributed by atoms with E-state index in [1.165, 1.54) is 17.6 Å². The van der Waals surface area contributed by atoms with Gasteiger partial charge in [0.25, 0.3) is 9.84 Å². The van der Waals surface area contributed by atoms with Crippen LogP contribution in [0.1, 0.15) is 13.3 Å². The first-order valence-corrected chi connectivity index (χ1v) is 4.55. The number of nitriles is 1. The molecule has 0 spiro atoms. The van der Waals surface area contributed by atoms with Crippen LogP contribution in [0.15, 0.2) is 23.6 Å². The molecule has 0 unspecified atom stereocenters. The molecule has 0 saturated carbocycles. The third-order valence-corrected chi connectivity index (χ3v) is 2.23. The van der Waals surface area contributed by atoms with E-state index in [-0.39, 0.29) is 4.91 Å². The summed E-state index contributed by atoms with van der Waals surface area (Å²) in [5, 5.41) is 9.41. The molecule has 0 rings (SSSR count). The first-order valence-electron chi connectivity index (χ1n) is 3.07. The van der Waals surface area contributed by atoms with Gasteiger partial charge < -0.3 is 0 Å². The highest BCUT2D eigenvalue weighted by Crippen LogP contribution is 2.07. The van der Waals surface area contributed by atoms with Crippen molar-refractivity contribution in [2.24, 2.45) is 0 Å². The van der Waals surface area contributed by atoms with Gasteiger partial charge >= 0.3 is 0 Å². The summed E-state index contributed by atoms with van der Waals surface area (Å²) in [5.74, 6) is 0. The summed E-state index contributed by atoms with van der Waals surface area (Å²) in [6.07, 6.45) is 3.19. The molecular weight excluding hydrogens is 162 g/mol. The van der Waals surface area contributed by atoms with E-state index in [0.717, 1.165) is 0 Å². The van der Waals surface area contributed by atoms with Crippen LogP contribution in [0.25, 0.3) is 0 Å². The van der Waals surface area contributed by atoms with Crippen LogP contribution in [0.5, 0.6) is 0 Å². The Labute approximate surface area is 66.6 Å². The quantitative estimate of drug-likeness (QED) is 0.366. The van der Waals surface area contributed by atoms with Gasteiger partial charge in [0.1, 0.15) is 0 Å². The smallest absolute Gasteiger partial charge is 0.208 e. The minimum Gasteiger partial charge on any atom is -0.208 e. The van der Waals surface area contributed by atoms with Crippen molar-refractivity contribution in [3.63, 3.8) is 0 Å². The molecule has 0 radical (unpaired) electrons. The summed E-state index contributed by atoms with van der Waals surface area (Å²) in [6, 6.07) is 0. The topological polar surface area (TPSA) is 57.9 Å². The summed E-state index contributed by atoms with van der Waals surface area (Å²) >= 11 is 0. The van der Waals surface area contributed by atoms with Gasteiger partial charge in [0, 0.05) is 0 Å². The van der Waals surface area contributed by atoms with E-state index in [9.17, 15) is 8.42 Å². The van der Waals surface area contributed by atoms with Gasteiger partial charge in [-0.05, 0) is 12.5 Å². The minimum absolute atomic E-state index is 0.0116. The Morgan fingerprint density at radius 1 is 1.73 bits per heavy atom. The molecule has 3 nitrogen and oxygen atoms in total. The maximum atomic E-state index is 10.8. The first kappa shape index (κ1) is 9.92. The van der Waals surface area contributed by atoms with Gasteiger partial charge in [-0.2, -0.15) is 5.26 Å². The molecule has 4 heteroatoms. The number of nitrogens with zero attached hydrogens (tertiary/aromatic N) is 1. The number of thiocyanates is 1. The minimum atomic E-state index is -3.72. The Kier molecular flexibility index (Phi) is 3.55. The third kappa shape index (κ3) is 2.56. The molecule has 0 bridgehead atoms. The SMILES string of the molecule is C=CC(=CCC)S(=O)(=O)C#N. The van der Waals surface area contributed by atoms with Crippen molar-refractivity contribution in [3.8, 4) is 5.40 Å². The molecule has 0 aromatic rings. The number of sulfone groups is 1. The molecule has 0 amide bonds. The number of allylic oxidation sites excluding steroid dienone is 2. The molecule has 11 heavy (non-hydrogen) atoms. The van der Waals surface area contributed by atoms with E-state index in [2.05, 4.69) is 6.58 Å². The molecule has 0 aliphatic rings. The van der Waals surface area contributed by atoms with Gasteiger partial charge in [-0.25, -0.2) is 8.42 Å². The molecular formula is C7H9NO2S.